The van der Waals surface area contributed by atoms with Crippen LogP contribution in [-0.4, -0.2) is 25.6 Å². The van der Waals surface area contributed by atoms with E-state index in [1.54, 1.807) is 0 Å². The monoisotopic (exact) mass is 321 g/mol. The fraction of sp³-hybridized carbons (Fsp3) is 0.455. The van der Waals surface area contributed by atoms with Gasteiger partial charge in [0.25, 0.3) is 0 Å². The van der Waals surface area contributed by atoms with Crippen molar-refractivity contribution >= 4 is 15.9 Å². The molecule has 0 N–H and O–H groups in total. The van der Waals surface area contributed by atoms with Crippen molar-refractivity contribution in [2.45, 2.75) is 13.5 Å². The lowest BCUT2D eigenvalue weighted by molar-refractivity contribution is -0.884. The smallest absolute Gasteiger partial charge is 0.105 e. The van der Waals surface area contributed by atoms with Gasteiger partial charge in [-0.1, -0.05) is 28.1 Å². The molecule has 1 aromatic carbocycles. The van der Waals surface area contributed by atoms with Gasteiger partial charge in [0.15, 0.2) is 0 Å². The summed E-state index contributed by atoms with van der Waals surface area (Å²) in [5.74, 6) is 0. The van der Waals surface area contributed by atoms with Gasteiger partial charge in [-0.25, -0.2) is 0 Å². The zero-order valence-electron chi connectivity index (χ0n) is 9.14. The van der Waals surface area contributed by atoms with Gasteiger partial charge in [0.1, 0.15) is 6.54 Å². The van der Waals surface area contributed by atoms with Crippen LogP contribution >= 0.6 is 15.9 Å². The van der Waals surface area contributed by atoms with Crippen molar-refractivity contribution in [1.82, 2.24) is 0 Å². The molecule has 0 aliphatic carbocycles. The summed E-state index contributed by atoms with van der Waals surface area (Å²) in [6, 6.07) is 6.53. The Morgan fingerprint density at radius 3 is 2.21 bits per heavy atom. The summed E-state index contributed by atoms with van der Waals surface area (Å²) in [4.78, 5) is 0. The molecule has 1 nitrogen and oxygen atoms in total. The number of halogens is 2. The van der Waals surface area contributed by atoms with Gasteiger partial charge in [-0.2, -0.15) is 0 Å². The van der Waals surface area contributed by atoms with Crippen LogP contribution in [0, 0.1) is 6.92 Å². The number of benzene rings is 1. The zero-order chi connectivity index (χ0) is 10.1. The standard InChI is InChI=1S/C11H17BrN.BrH/c1-9-5-6-10(11(12)7-9)8-13(2,3)4;/h5-7H,8H2,1-4H3;1H/q+1;/p-1. The Balaban J connectivity index is 0.00000169. The van der Waals surface area contributed by atoms with Crippen LogP contribution < -0.4 is 17.0 Å². The lowest BCUT2D eigenvalue weighted by Crippen LogP contribution is -3.00. The predicted octanol–water partition coefficient (Wildman–Crippen LogP) is -0.0323. The van der Waals surface area contributed by atoms with E-state index >= 15 is 0 Å². The SMILES string of the molecule is Cc1ccc(C[N+](C)(C)C)c(Br)c1.[Br-]. The molecule has 3 heteroatoms. The molecule has 0 radical (unpaired) electrons. The van der Waals surface area contributed by atoms with Crippen LogP contribution in [0.4, 0.5) is 0 Å². The summed E-state index contributed by atoms with van der Waals surface area (Å²) in [6.45, 7) is 3.17. The molecule has 0 saturated heterocycles. The first-order chi connectivity index (χ1) is 5.88. The second kappa shape index (κ2) is 5.29. The third-order valence-corrected chi connectivity index (χ3v) is 2.59. The number of nitrogens with zero attached hydrogens (tertiary/aromatic N) is 1. The summed E-state index contributed by atoms with van der Waals surface area (Å²) >= 11 is 3.59. The molecule has 0 fully saturated rings. The average molecular weight is 323 g/mol. The lowest BCUT2D eigenvalue weighted by atomic mass is 10.1. The molecule has 0 aliphatic heterocycles. The van der Waals surface area contributed by atoms with Gasteiger partial charge in [-0.05, 0) is 18.6 Å². The molecule has 80 valence electrons. The van der Waals surface area contributed by atoms with E-state index in [4.69, 9.17) is 0 Å². The predicted molar refractivity (Wildman–Crippen MR) is 60.6 cm³/mol. The highest BCUT2D eigenvalue weighted by Crippen LogP contribution is 2.20. The first-order valence-corrected chi connectivity index (χ1v) is 5.23. The summed E-state index contributed by atoms with van der Waals surface area (Å²) in [5.41, 5.74) is 2.68. The van der Waals surface area contributed by atoms with Crippen molar-refractivity contribution in [2.75, 3.05) is 21.1 Å². The minimum absolute atomic E-state index is 0. The molecule has 14 heavy (non-hydrogen) atoms. The van der Waals surface area contributed by atoms with Crippen molar-refractivity contribution < 1.29 is 21.5 Å². The zero-order valence-corrected chi connectivity index (χ0v) is 12.3. The second-order valence-corrected chi connectivity index (χ2v) is 5.40. The number of rotatable bonds is 2. The first kappa shape index (κ1) is 14.1. The van der Waals surface area contributed by atoms with Gasteiger partial charge >= 0.3 is 0 Å². The Kier molecular flexibility index (Phi) is 5.34. The van der Waals surface area contributed by atoms with Crippen LogP contribution in [0.25, 0.3) is 0 Å². The van der Waals surface area contributed by atoms with Crippen LogP contribution in [0.3, 0.4) is 0 Å². The maximum absolute atomic E-state index is 3.59. The molecular weight excluding hydrogens is 306 g/mol. The highest BCUT2D eigenvalue weighted by molar-refractivity contribution is 9.10. The lowest BCUT2D eigenvalue weighted by Gasteiger charge is -2.24. The maximum atomic E-state index is 3.59. The highest BCUT2D eigenvalue weighted by Gasteiger charge is 2.10. The topological polar surface area (TPSA) is 0 Å². The maximum Gasteiger partial charge on any atom is 0.105 e. The van der Waals surface area contributed by atoms with Crippen molar-refractivity contribution in [3.63, 3.8) is 0 Å². The molecule has 0 atom stereocenters. The molecular formula is C11H17Br2N. The number of quaternary nitrogens is 1. The van der Waals surface area contributed by atoms with Crippen LogP contribution in [-0.2, 0) is 6.54 Å². The van der Waals surface area contributed by atoms with Crippen molar-refractivity contribution in [3.05, 3.63) is 33.8 Å². The van der Waals surface area contributed by atoms with Crippen LogP contribution in [0.1, 0.15) is 11.1 Å². The van der Waals surface area contributed by atoms with E-state index in [2.05, 4.69) is 62.2 Å². The molecule has 0 aliphatic rings. The summed E-state index contributed by atoms with van der Waals surface area (Å²) in [6.07, 6.45) is 0. The quantitative estimate of drug-likeness (QED) is 0.671. The second-order valence-electron chi connectivity index (χ2n) is 4.54. The summed E-state index contributed by atoms with van der Waals surface area (Å²) < 4.78 is 2.18. The third kappa shape index (κ3) is 4.58. The molecule has 0 amide bonds. The molecule has 0 unspecified atom stereocenters. The van der Waals surface area contributed by atoms with Crippen LogP contribution in [0.15, 0.2) is 22.7 Å². The number of hydrogen-bond acceptors (Lipinski definition) is 0. The highest BCUT2D eigenvalue weighted by atomic mass is 79.9. The van der Waals surface area contributed by atoms with Gasteiger partial charge < -0.3 is 21.5 Å². The number of hydrogen-bond donors (Lipinski definition) is 0. The van der Waals surface area contributed by atoms with E-state index < -0.39 is 0 Å². The minimum atomic E-state index is 0. The molecule has 0 saturated carbocycles. The summed E-state index contributed by atoms with van der Waals surface area (Å²) in [7, 11) is 6.60. The van der Waals surface area contributed by atoms with E-state index in [0.29, 0.717) is 0 Å². The minimum Gasteiger partial charge on any atom is -1.00 e. The van der Waals surface area contributed by atoms with E-state index in [1.165, 1.54) is 15.6 Å². The first-order valence-electron chi connectivity index (χ1n) is 4.44. The normalized spacial score (nSPS) is 10.9. The largest absolute Gasteiger partial charge is 1.00 e. The van der Waals surface area contributed by atoms with Gasteiger partial charge in [0.05, 0.1) is 21.1 Å². The Morgan fingerprint density at radius 2 is 1.79 bits per heavy atom. The molecule has 0 aromatic heterocycles. The van der Waals surface area contributed by atoms with Crippen LogP contribution in [0.2, 0.25) is 0 Å². The Labute approximate surface area is 106 Å². The van der Waals surface area contributed by atoms with Gasteiger partial charge in [-0.15, -0.1) is 0 Å². The van der Waals surface area contributed by atoms with Crippen molar-refractivity contribution in [3.8, 4) is 0 Å². The Bertz CT molecular complexity index is 303. The Morgan fingerprint density at radius 1 is 1.21 bits per heavy atom. The summed E-state index contributed by atoms with van der Waals surface area (Å²) in [5, 5.41) is 0. The van der Waals surface area contributed by atoms with E-state index in [-0.39, 0.29) is 17.0 Å². The van der Waals surface area contributed by atoms with Gasteiger partial charge in [0.2, 0.25) is 0 Å². The third-order valence-electron chi connectivity index (χ3n) is 1.85. The van der Waals surface area contributed by atoms with Gasteiger partial charge in [0, 0.05) is 10.0 Å². The fourth-order valence-electron chi connectivity index (χ4n) is 1.29. The molecule has 0 spiro atoms. The Hall–Kier alpha value is 0.140. The molecule has 1 aromatic rings. The molecule has 1 rings (SSSR count). The fourth-order valence-corrected chi connectivity index (χ4v) is 1.91. The molecule has 0 heterocycles. The van der Waals surface area contributed by atoms with Gasteiger partial charge in [-0.3, -0.25) is 0 Å². The average Bonchev–Trinajstić information content (AvgIpc) is 1.93. The number of aryl methyl sites for hydroxylation is 1. The van der Waals surface area contributed by atoms with E-state index in [1.807, 2.05) is 0 Å². The van der Waals surface area contributed by atoms with Crippen LogP contribution in [0.5, 0.6) is 0 Å². The van der Waals surface area contributed by atoms with E-state index in [0.717, 1.165) is 11.0 Å². The molecule has 0 bridgehead atoms. The van der Waals surface area contributed by atoms with E-state index in [9.17, 15) is 0 Å². The van der Waals surface area contributed by atoms with Crippen molar-refractivity contribution in [1.29, 1.82) is 0 Å². The van der Waals surface area contributed by atoms with Crippen molar-refractivity contribution in [2.24, 2.45) is 0 Å².